The Balaban J connectivity index is 2.26. The fourth-order valence-corrected chi connectivity index (χ4v) is 4.17. The summed E-state index contributed by atoms with van der Waals surface area (Å²) < 4.78 is 4.94. The van der Waals surface area contributed by atoms with Gasteiger partial charge in [0.25, 0.3) is 0 Å². The number of amides is 1. The normalized spacial score (nSPS) is 28.2. The molecule has 0 aromatic carbocycles. The third-order valence-electron chi connectivity index (χ3n) is 4.70. The number of carbonyl (C=O) groups is 1. The maximum Gasteiger partial charge on any atom is 0.246 e. The minimum atomic E-state index is -0.938. The predicted octanol–water partition coefficient (Wildman–Crippen LogP) is 2.42. The first kappa shape index (κ1) is 19.4. The van der Waals surface area contributed by atoms with Crippen LogP contribution < -0.4 is 5.32 Å². The Morgan fingerprint density at radius 2 is 2.33 bits per heavy atom. The number of thiophene rings is 1. The van der Waals surface area contributed by atoms with E-state index >= 15 is 0 Å². The van der Waals surface area contributed by atoms with Gasteiger partial charge in [-0.25, -0.2) is 0 Å². The van der Waals surface area contributed by atoms with E-state index in [0.29, 0.717) is 12.3 Å². The Hall–Kier alpha value is -0.950. The Morgan fingerprint density at radius 3 is 2.92 bits per heavy atom. The van der Waals surface area contributed by atoms with Crippen molar-refractivity contribution in [1.82, 2.24) is 10.2 Å². The van der Waals surface area contributed by atoms with Crippen molar-refractivity contribution in [2.75, 3.05) is 26.8 Å². The van der Waals surface area contributed by atoms with E-state index in [4.69, 9.17) is 4.74 Å². The van der Waals surface area contributed by atoms with E-state index in [9.17, 15) is 9.90 Å². The van der Waals surface area contributed by atoms with Crippen LogP contribution in [-0.4, -0.2) is 54.4 Å². The quantitative estimate of drug-likeness (QED) is 0.789. The number of carbonyl (C=O) groups excluding carboxylic acids is 1. The van der Waals surface area contributed by atoms with E-state index in [1.807, 2.05) is 18.4 Å². The number of likely N-dealkylation sites (tertiary alicyclic amines) is 1. The topological polar surface area (TPSA) is 61.8 Å². The molecule has 0 aliphatic carbocycles. The third kappa shape index (κ3) is 4.79. The van der Waals surface area contributed by atoms with Crippen molar-refractivity contribution in [1.29, 1.82) is 0 Å². The van der Waals surface area contributed by atoms with Crippen molar-refractivity contribution in [2.45, 2.75) is 51.3 Å². The number of hydrogen-bond acceptors (Lipinski definition) is 5. The average molecular weight is 355 g/mol. The zero-order valence-electron chi connectivity index (χ0n) is 15.1. The van der Waals surface area contributed by atoms with Gasteiger partial charge in [-0.3, -0.25) is 9.69 Å². The predicted molar refractivity (Wildman–Crippen MR) is 97.1 cm³/mol. The van der Waals surface area contributed by atoms with Crippen LogP contribution in [-0.2, 0) is 9.53 Å². The molecule has 5 nitrogen and oxygen atoms in total. The Kier molecular flexibility index (Phi) is 6.80. The summed E-state index contributed by atoms with van der Waals surface area (Å²) in [5.74, 6) is 0.438. The van der Waals surface area contributed by atoms with Gasteiger partial charge in [0.1, 0.15) is 6.61 Å². The molecule has 2 N–H and O–H groups in total. The maximum atomic E-state index is 12.1. The standard InChI is InChI=1S/C18H30N2O3S/c1-13(2)7-9-20-10-8-18(3,22)17(19-15(21)12-23-4)16(20)14-6-5-11-24-14/h5-6,11,13,16-17,22H,7-10,12H2,1-4H3,(H,19,21)/t16-,17-,18+/m0/s1. The molecular formula is C18H30N2O3S. The fraction of sp³-hybridized carbons (Fsp3) is 0.722. The Bertz CT molecular complexity index is 514. The third-order valence-corrected chi connectivity index (χ3v) is 5.65. The van der Waals surface area contributed by atoms with Crippen LogP contribution in [0.3, 0.4) is 0 Å². The molecule has 1 aliphatic rings. The summed E-state index contributed by atoms with van der Waals surface area (Å²) >= 11 is 1.68. The molecule has 1 amide bonds. The van der Waals surface area contributed by atoms with Gasteiger partial charge in [-0.05, 0) is 43.7 Å². The smallest absolute Gasteiger partial charge is 0.246 e. The number of nitrogens with one attached hydrogen (secondary N) is 1. The molecule has 1 fully saturated rings. The number of aliphatic hydroxyl groups is 1. The van der Waals surface area contributed by atoms with Crippen molar-refractivity contribution >= 4 is 17.2 Å². The minimum Gasteiger partial charge on any atom is -0.388 e. The lowest BCUT2D eigenvalue weighted by Crippen LogP contribution is -2.62. The highest BCUT2D eigenvalue weighted by molar-refractivity contribution is 7.10. The molecule has 1 aromatic rings. The van der Waals surface area contributed by atoms with E-state index in [0.717, 1.165) is 19.5 Å². The molecule has 0 unspecified atom stereocenters. The first-order valence-corrected chi connectivity index (χ1v) is 9.51. The molecule has 2 rings (SSSR count). The van der Waals surface area contributed by atoms with Gasteiger partial charge in [-0.1, -0.05) is 19.9 Å². The highest BCUT2D eigenvalue weighted by atomic mass is 32.1. The van der Waals surface area contributed by atoms with Crippen molar-refractivity contribution in [2.24, 2.45) is 5.92 Å². The van der Waals surface area contributed by atoms with Crippen molar-refractivity contribution in [3.05, 3.63) is 22.4 Å². The second kappa shape index (κ2) is 8.43. The van der Waals surface area contributed by atoms with Crippen LogP contribution in [0.5, 0.6) is 0 Å². The lowest BCUT2D eigenvalue weighted by Gasteiger charge is -2.49. The van der Waals surface area contributed by atoms with E-state index in [1.165, 1.54) is 12.0 Å². The van der Waals surface area contributed by atoms with Gasteiger partial charge in [0, 0.05) is 18.5 Å². The van der Waals surface area contributed by atoms with Gasteiger partial charge < -0.3 is 15.2 Å². The highest BCUT2D eigenvalue weighted by Crippen LogP contribution is 2.39. The molecule has 0 radical (unpaired) electrons. The Labute approximate surface area is 149 Å². The van der Waals surface area contributed by atoms with Gasteiger partial charge in [0.2, 0.25) is 5.91 Å². The fourth-order valence-electron chi connectivity index (χ4n) is 3.27. The van der Waals surface area contributed by atoms with Crippen molar-refractivity contribution in [3.63, 3.8) is 0 Å². The molecular weight excluding hydrogens is 324 g/mol. The summed E-state index contributed by atoms with van der Waals surface area (Å²) in [5.41, 5.74) is -0.938. The van der Waals surface area contributed by atoms with Gasteiger partial charge in [-0.2, -0.15) is 0 Å². The van der Waals surface area contributed by atoms with Crippen LogP contribution in [0, 0.1) is 5.92 Å². The van der Waals surface area contributed by atoms with Crippen LogP contribution in [0.25, 0.3) is 0 Å². The molecule has 1 aromatic heterocycles. The van der Waals surface area contributed by atoms with E-state index in [-0.39, 0.29) is 24.6 Å². The molecule has 0 bridgehead atoms. The summed E-state index contributed by atoms with van der Waals surface area (Å²) in [6, 6.07) is 3.76. The summed E-state index contributed by atoms with van der Waals surface area (Å²) in [6.07, 6.45) is 1.74. The molecule has 2 heterocycles. The van der Waals surface area contributed by atoms with Crippen LogP contribution in [0.4, 0.5) is 0 Å². The molecule has 0 spiro atoms. The van der Waals surface area contributed by atoms with E-state index in [2.05, 4.69) is 30.1 Å². The number of ether oxygens (including phenoxy) is 1. The first-order chi connectivity index (χ1) is 11.3. The van der Waals surface area contributed by atoms with Crippen LogP contribution in [0.2, 0.25) is 0 Å². The second-order valence-corrected chi connectivity index (χ2v) is 8.24. The summed E-state index contributed by atoms with van der Waals surface area (Å²) in [5, 5.41) is 16.0. The van der Waals surface area contributed by atoms with Gasteiger partial charge in [0.05, 0.1) is 17.7 Å². The van der Waals surface area contributed by atoms with Gasteiger partial charge >= 0.3 is 0 Å². The molecule has 0 saturated carbocycles. The SMILES string of the molecule is COCC(=O)N[C@H]1[C@H](c2cccs2)N(CCC(C)C)CC[C@@]1(C)O. The number of nitrogens with zero attached hydrogens (tertiary/aromatic N) is 1. The van der Waals surface area contributed by atoms with E-state index in [1.54, 1.807) is 11.3 Å². The second-order valence-electron chi connectivity index (χ2n) is 7.26. The minimum absolute atomic E-state index is 0.00620. The van der Waals surface area contributed by atoms with Gasteiger partial charge in [0.15, 0.2) is 0 Å². The maximum absolute atomic E-state index is 12.1. The molecule has 3 atom stereocenters. The average Bonchev–Trinajstić information content (AvgIpc) is 3.01. The lowest BCUT2D eigenvalue weighted by atomic mass is 9.81. The molecule has 6 heteroatoms. The van der Waals surface area contributed by atoms with E-state index < -0.39 is 5.60 Å². The monoisotopic (exact) mass is 354 g/mol. The molecule has 24 heavy (non-hydrogen) atoms. The molecule has 136 valence electrons. The largest absolute Gasteiger partial charge is 0.388 e. The number of rotatable bonds is 7. The van der Waals surface area contributed by atoms with Crippen molar-refractivity contribution in [3.8, 4) is 0 Å². The van der Waals surface area contributed by atoms with Crippen molar-refractivity contribution < 1.29 is 14.6 Å². The summed E-state index contributed by atoms with van der Waals surface area (Å²) in [4.78, 5) is 15.7. The summed E-state index contributed by atoms with van der Waals surface area (Å²) in [7, 11) is 1.50. The first-order valence-electron chi connectivity index (χ1n) is 8.63. The lowest BCUT2D eigenvalue weighted by molar-refractivity contribution is -0.132. The molecule has 1 saturated heterocycles. The summed E-state index contributed by atoms with van der Waals surface area (Å²) in [6.45, 7) is 8.07. The number of methoxy groups -OCH3 is 1. The molecule has 1 aliphatic heterocycles. The zero-order valence-corrected chi connectivity index (χ0v) is 15.9. The number of piperidine rings is 1. The highest BCUT2D eigenvalue weighted by Gasteiger charge is 2.46. The van der Waals surface area contributed by atoms with Crippen LogP contribution in [0.1, 0.15) is 44.5 Å². The Morgan fingerprint density at radius 1 is 1.58 bits per heavy atom. The van der Waals surface area contributed by atoms with Gasteiger partial charge in [-0.15, -0.1) is 11.3 Å². The van der Waals surface area contributed by atoms with Crippen LogP contribution in [0.15, 0.2) is 17.5 Å². The zero-order chi connectivity index (χ0) is 17.7. The number of hydrogen-bond donors (Lipinski definition) is 2. The van der Waals surface area contributed by atoms with Crippen LogP contribution >= 0.6 is 11.3 Å².